The van der Waals surface area contributed by atoms with E-state index in [1.165, 1.54) is 6.07 Å². The van der Waals surface area contributed by atoms with Crippen LogP contribution in [0.1, 0.15) is 6.92 Å². The van der Waals surface area contributed by atoms with Crippen molar-refractivity contribution in [1.82, 2.24) is 5.32 Å². The van der Waals surface area contributed by atoms with Crippen LogP contribution in [0.15, 0.2) is 24.3 Å². The molecule has 86 valence electrons. The highest BCUT2D eigenvalue weighted by Gasteiger charge is 2.11. The minimum Gasteiger partial charge on any atom is -0.512 e. The SMILES string of the molecule is CCNC(=O)Nc1cccc(OB(O)O)c1. The zero-order valence-corrected chi connectivity index (χ0v) is 8.80. The van der Waals surface area contributed by atoms with Crippen LogP contribution in [0.4, 0.5) is 10.5 Å². The fourth-order valence-electron chi connectivity index (χ4n) is 1.10. The second kappa shape index (κ2) is 5.99. The fourth-order valence-corrected chi connectivity index (χ4v) is 1.10. The summed E-state index contributed by atoms with van der Waals surface area (Å²) in [6, 6.07) is 5.98. The smallest absolute Gasteiger partial charge is 0.512 e. The number of rotatable bonds is 4. The molecule has 1 aromatic rings. The lowest BCUT2D eigenvalue weighted by atomic mass is 10.2. The van der Waals surface area contributed by atoms with Gasteiger partial charge in [0.1, 0.15) is 5.75 Å². The number of benzene rings is 1. The van der Waals surface area contributed by atoms with E-state index in [4.69, 9.17) is 10.0 Å². The summed E-state index contributed by atoms with van der Waals surface area (Å²) in [5.74, 6) is 0.254. The van der Waals surface area contributed by atoms with Gasteiger partial charge in [0, 0.05) is 18.3 Å². The first-order chi connectivity index (χ1) is 7.61. The molecule has 0 saturated carbocycles. The molecule has 0 aliphatic carbocycles. The molecule has 4 N–H and O–H groups in total. The molecule has 1 rings (SSSR count). The molecule has 16 heavy (non-hydrogen) atoms. The van der Waals surface area contributed by atoms with Crippen molar-refractivity contribution < 1.29 is 19.5 Å². The lowest BCUT2D eigenvalue weighted by Gasteiger charge is -2.08. The molecular formula is C9H13BN2O4. The van der Waals surface area contributed by atoms with Gasteiger partial charge in [-0.25, -0.2) is 4.79 Å². The monoisotopic (exact) mass is 224 g/mol. The van der Waals surface area contributed by atoms with Gasteiger partial charge in [-0.1, -0.05) is 6.07 Å². The van der Waals surface area contributed by atoms with Gasteiger partial charge in [0.15, 0.2) is 0 Å². The Morgan fingerprint density at radius 2 is 2.25 bits per heavy atom. The van der Waals surface area contributed by atoms with E-state index in [2.05, 4.69) is 15.3 Å². The number of hydrogen-bond donors (Lipinski definition) is 4. The van der Waals surface area contributed by atoms with Crippen LogP contribution in [0.25, 0.3) is 0 Å². The Kier molecular flexibility index (Phi) is 4.62. The third-order valence-corrected chi connectivity index (χ3v) is 1.67. The summed E-state index contributed by atoms with van der Waals surface area (Å²) >= 11 is 0. The van der Waals surface area contributed by atoms with Crippen molar-refractivity contribution in [3.05, 3.63) is 24.3 Å². The number of amides is 2. The Hall–Kier alpha value is -1.73. The molecule has 0 aromatic heterocycles. The summed E-state index contributed by atoms with van der Waals surface area (Å²) < 4.78 is 4.64. The molecule has 0 aliphatic rings. The minimum atomic E-state index is -1.88. The molecule has 1 aromatic carbocycles. The molecule has 0 heterocycles. The largest absolute Gasteiger partial charge is 0.707 e. The molecule has 2 amide bonds. The Morgan fingerprint density at radius 1 is 1.50 bits per heavy atom. The van der Waals surface area contributed by atoms with Crippen LogP contribution >= 0.6 is 0 Å². The van der Waals surface area contributed by atoms with Crippen molar-refractivity contribution in [2.24, 2.45) is 0 Å². The Morgan fingerprint density at radius 3 is 2.88 bits per heavy atom. The van der Waals surface area contributed by atoms with Crippen LogP contribution in [0.2, 0.25) is 0 Å². The number of carbonyl (C=O) groups is 1. The summed E-state index contributed by atoms with van der Waals surface area (Å²) in [4.78, 5) is 11.2. The van der Waals surface area contributed by atoms with Crippen molar-refractivity contribution in [2.45, 2.75) is 6.92 Å². The second-order valence-electron chi connectivity index (χ2n) is 2.96. The van der Waals surface area contributed by atoms with Gasteiger partial charge in [-0.2, -0.15) is 0 Å². The van der Waals surface area contributed by atoms with Crippen molar-refractivity contribution in [3.63, 3.8) is 0 Å². The highest BCUT2D eigenvalue weighted by atomic mass is 16.6. The highest BCUT2D eigenvalue weighted by Crippen LogP contribution is 2.17. The maximum Gasteiger partial charge on any atom is 0.707 e. The maximum atomic E-state index is 11.2. The van der Waals surface area contributed by atoms with Crippen LogP contribution < -0.4 is 15.3 Å². The van der Waals surface area contributed by atoms with Crippen LogP contribution in [-0.4, -0.2) is 29.9 Å². The zero-order valence-electron chi connectivity index (χ0n) is 8.80. The van der Waals surface area contributed by atoms with Crippen molar-refractivity contribution in [1.29, 1.82) is 0 Å². The van der Waals surface area contributed by atoms with E-state index in [0.717, 1.165) is 0 Å². The van der Waals surface area contributed by atoms with Crippen molar-refractivity contribution in [3.8, 4) is 5.75 Å². The molecule has 0 bridgehead atoms. The van der Waals surface area contributed by atoms with Crippen LogP contribution in [0.3, 0.4) is 0 Å². The van der Waals surface area contributed by atoms with Gasteiger partial charge in [-0.3, -0.25) is 0 Å². The third-order valence-electron chi connectivity index (χ3n) is 1.67. The molecule has 0 aliphatic heterocycles. The Labute approximate surface area is 93.4 Å². The maximum absolute atomic E-state index is 11.2. The van der Waals surface area contributed by atoms with E-state index in [0.29, 0.717) is 12.2 Å². The fraction of sp³-hybridized carbons (Fsp3) is 0.222. The number of urea groups is 1. The van der Waals surface area contributed by atoms with E-state index < -0.39 is 7.32 Å². The highest BCUT2D eigenvalue weighted by molar-refractivity contribution is 6.33. The Bertz CT molecular complexity index is 359. The number of carbonyl (C=O) groups excluding carboxylic acids is 1. The van der Waals surface area contributed by atoms with Crippen LogP contribution in [-0.2, 0) is 0 Å². The standard InChI is InChI=1S/C9H13BN2O4/c1-2-11-9(13)12-7-4-3-5-8(6-7)16-10(14)15/h3-6,14-15H,2H2,1H3,(H2,11,12,13). The van der Waals surface area contributed by atoms with Crippen LogP contribution in [0.5, 0.6) is 5.75 Å². The topological polar surface area (TPSA) is 90.8 Å². The minimum absolute atomic E-state index is 0.254. The molecule has 0 saturated heterocycles. The van der Waals surface area contributed by atoms with Gasteiger partial charge < -0.3 is 25.3 Å². The first-order valence-electron chi connectivity index (χ1n) is 4.79. The van der Waals surface area contributed by atoms with E-state index in [1.807, 2.05) is 0 Å². The number of anilines is 1. The zero-order chi connectivity index (χ0) is 12.0. The van der Waals surface area contributed by atoms with E-state index in [1.54, 1.807) is 25.1 Å². The van der Waals surface area contributed by atoms with E-state index >= 15 is 0 Å². The molecule has 0 fully saturated rings. The lowest BCUT2D eigenvalue weighted by Crippen LogP contribution is -2.28. The lowest BCUT2D eigenvalue weighted by molar-refractivity contribution is 0.252. The predicted octanol–water partition coefficient (Wildman–Crippen LogP) is 0.176. The summed E-state index contributed by atoms with van der Waals surface area (Å²) in [5.41, 5.74) is 0.504. The average molecular weight is 224 g/mol. The first kappa shape index (κ1) is 12.3. The molecule has 6 nitrogen and oxygen atoms in total. The molecule has 7 heteroatoms. The van der Waals surface area contributed by atoms with Crippen molar-refractivity contribution >= 4 is 19.0 Å². The number of hydrogen-bond acceptors (Lipinski definition) is 4. The summed E-state index contributed by atoms with van der Waals surface area (Å²) in [7, 11) is -1.88. The van der Waals surface area contributed by atoms with Gasteiger partial charge in [-0.05, 0) is 19.1 Å². The van der Waals surface area contributed by atoms with Crippen LogP contribution in [0, 0.1) is 0 Å². The molecule has 0 spiro atoms. The molecular weight excluding hydrogens is 211 g/mol. The summed E-state index contributed by atoms with van der Waals surface area (Å²) in [6.45, 7) is 2.33. The van der Waals surface area contributed by atoms with Gasteiger partial charge in [0.25, 0.3) is 0 Å². The third kappa shape index (κ3) is 4.20. The van der Waals surface area contributed by atoms with Gasteiger partial charge in [0.2, 0.25) is 0 Å². The first-order valence-corrected chi connectivity index (χ1v) is 4.79. The summed E-state index contributed by atoms with van der Waals surface area (Å²) in [5, 5.41) is 22.3. The van der Waals surface area contributed by atoms with Crippen molar-refractivity contribution in [2.75, 3.05) is 11.9 Å². The molecule has 0 atom stereocenters. The van der Waals surface area contributed by atoms with Gasteiger partial charge >= 0.3 is 13.4 Å². The van der Waals surface area contributed by atoms with Gasteiger partial charge in [0.05, 0.1) is 0 Å². The number of nitrogens with one attached hydrogen (secondary N) is 2. The average Bonchev–Trinajstić information content (AvgIpc) is 2.17. The normalized spacial score (nSPS) is 9.44. The quantitative estimate of drug-likeness (QED) is 0.549. The molecule has 0 unspecified atom stereocenters. The summed E-state index contributed by atoms with van der Waals surface area (Å²) in [6.07, 6.45) is 0. The van der Waals surface area contributed by atoms with E-state index in [9.17, 15) is 4.79 Å². The Balaban J connectivity index is 2.63. The molecule has 0 radical (unpaired) electrons. The van der Waals surface area contributed by atoms with Gasteiger partial charge in [-0.15, -0.1) is 0 Å². The van der Waals surface area contributed by atoms with E-state index in [-0.39, 0.29) is 11.8 Å². The second-order valence-corrected chi connectivity index (χ2v) is 2.96. The predicted molar refractivity (Wildman–Crippen MR) is 60.0 cm³/mol.